The van der Waals surface area contributed by atoms with E-state index in [0.717, 1.165) is 69.0 Å². The molecule has 2 amide bonds. The van der Waals surface area contributed by atoms with Crippen molar-refractivity contribution in [1.29, 1.82) is 5.41 Å². The average Bonchev–Trinajstić information content (AvgIpc) is 3.51. The van der Waals surface area contributed by atoms with Crippen LogP contribution in [0.3, 0.4) is 0 Å². The van der Waals surface area contributed by atoms with Crippen molar-refractivity contribution in [3.05, 3.63) is 83.8 Å². The highest BCUT2D eigenvalue weighted by atomic mass is 16.8. The van der Waals surface area contributed by atoms with Gasteiger partial charge in [-0.15, -0.1) is 0 Å². The molecule has 0 spiro atoms. The van der Waals surface area contributed by atoms with Gasteiger partial charge in [-0.2, -0.15) is 0 Å². The highest BCUT2D eigenvalue weighted by Gasteiger charge is 2.24. The minimum Gasteiger partial charge on any atom is -0.449 e. The van der Waals surface area contributed by atoms with Gasteiger partial charge >= 0.3 is 18.2 Å². The third-order valence-corrected chi connectivity index (χ3v) is 9.39. The van der Waals surface area contributed by atoms with Crippen LogP contribution < -0.4 is 15.5 Å². The number of rotatable bonds is 17. The molecule has 3 N–H and O–H groups in total. The van der Waals surface area contributed by atoms with E-state index in [9.17, 15) is 19.2 Å². The van der Waals surface area contributed by atoms with Crippen LogP contribution in [0.25, 0.3) is 11.0 Å². The topological polar surface area (TPSA) is 187 Å². The summed E-state index contributed by atoms with van der Waals surface area (Å²) in [5.41, 5.74) is 3.09. The highest BCUT2D eigenvalue weighted by Crippen LogP contribution is 2.23. The van der Waals surface area contributed by atoms with Crippen LogP contribution in [0.1, 0.15) is 99.8 Å². The molecule has 1 unspecified atom stereocenters. The molecule has 2 aromatic carbocycles. The molecule has 1 aliphatic carbocycles. The smallest absolute Gasteiger partial charge is 0.449 e. The van der Waals surface area contributed by atoms with Crippen molar-refractivity contribution in [2.45, 2.75) is 97.0 Å². The number of carbonyl (C=O) groups excluding carboxylic acids is 4. The lowest BCUT2D eigenvalue weighted by Crippen LogP contribution is -2.34. The Balaban J connectivity index is 1.16. The third kappa shape index (κ3) is 12.0. The molecule has 0 bridgehead atoms. The van der Waals surface area contributed by atoms with Crippen LogP contribution in [-0.4, -0.2) is 70.0 Å². The Hall–Kier alpha value is -5.99. The van der Waals surface area contributed by atoms with E-state index in [0.29, 0.717) is 41.4 Å². The molecular formula is C41H51N7O8. The summed E-state index contributed by atoms with van der Waals surface area (Å²) in [6, 6.07) is 17.5. The van der Waals surface area contributed by atoms with E-state index in [-0.39, 0.29) is 30.8 Å². The lowest BCUT2D eigenvalue weighted by Gasteiger charge is -2.23. The SMILES string of the molecule is CCCCCCOC(=O)NC(=N)c1ccc(NCc2nc3cc(C(=O)N(CCC(=O)OC(C)OC(=O)OC4CCCCC4)c4ccccn4)ccc3n2C)cc1. The van der Waals surface area contributed by atoms with Crippen LogP contribution in [0.4, 0.5) is 21.1 Å². The predicted octanol–water partition coefficient (Wildman–Crippen LogP) is 7.62. The number of hydrogen-bond acceptors (Lipinski definition) is 12. The van der Waals surface area contributed by atoms with Gasteiger partial charge in [0.2, 0.25) is 6.29 Å². The maximum absolute atomic E-state index is 13.9. The number of carbonyl (C=O) groups is 4. The quantitative estimate of drug-likeness (QED) is 0.0239. The Morgan fingerprint density at radius 3 is 2.46 bits per heavy atom. The number of amides is 2. The van der Waals surface area contributed by atoms with Gasteiger partial charge < -0.3 is 28.8 Å². The minimum atomic E-state index is -1.16. The number of hydrogen-bond donors (Lipinski definition) is 3. The monoisotopic (exact) mass is 769 g/mol. The van der Waals surface area contributed by atoms with E-state index in [1.807, 2.05) is 29.8 Å². The summed E-state index contributed by atoms with van der Waals surface area (Å²) in [5.74, 6) is -0.0272. The van der Waals surface area contributed by atoms with Gasteiger partial charge in [-0.3, -0.25) is 25.2 Å². The summed E-state index contributed by atoms with van der Waals surface area (Å²) >= 11 is 0. The van der Waals surface area contributed by atoms with Gasteiger partial charge in [0.15, 0.2) is 0 Å². The Morgan fingerprint density at radius 2 is 1.73 bits per heavy atom. The molecule has 298 valence electrons. The fourth-order valence-electron chi connectivity index (χ4n) is 6.32. The summed E-state index contributed by atoms with van der Waals surface area (Å²) in [6.45, 7) is 4.20. The van der Waals surface area contributed by atoms with Crippen molar-refractivity contribution in [1.82, 2.24) is 19.9 Å². The standard InChI is InChI=1S/C41H51N7O8/c1-4-5-6-12-25-53-40(51)46-38(42)29-16-19-31(20-17-29)44-27-36-45-33-26-30(18-21-34(33)47(36)3)39(50)48(35-15-10-11-23-43-35)24-22-37(49)54-28(2)55-41(52)56-32-13-8-7-9-14-32/h10-11,15-21,23,26,28,32,44H,4-9,12-14,22,24-25,27H2,1-3H3,(H2,42,46,51). The van der Waals surface area contributed by atoms with Gasteiger partial charge in [0, 0.05) is 43.5 Å². The lowest BCUT2D eigenvalue weighted by molar-refractivity contribution is -0.168. The van der Waals surface area contributed by atoms with Gasteiger partial charge in [0.05, 0.1) is 30.6 Å². The van der Waals surface area contributed by atoms with E-state index in [1.54, 1.807) is 48.7 Å². The molecule has 15 heteroatoms. The average molecular weight is 770 g/mol. The van der Waals surface area contributed by atoms with E-state index >= 15 is 0 Å². The zero-order valence-corrected chi connectivity index (χ0v) is 32.3. The van der Waals surface area contributed by atoms with Crippen molar-refractivity contribution < 1.29 is 38.1 Å². The Bertz CT molecular complexity index is 1940. The fraction of sp³-hybridized carbons (Fsp3) is 0.439. The number of amidine groups is 1. The number of benzene rings is 2. The largest absolute Gasteiger partial charge is 0.511 e. The molecular weight excluding hydrogens is 718 g/mol. The van der Waals surface area contributed by atoms with Crippen molar-refractivity contribution in [2.24, 2.45) is 7.05 Å². The Labute approximate surface area is 326 Å². The number of aromatic nitrogens is 3. The molecule has 1 atom stereocenters. The van der Waals surface area contributed by atoms with Crippen LogP contribution in [0.15, 0.2) is 66.9 Å². The van der Waals surface area contributed by atoms with Crippen molar-refractivity contribution in [3.63, 3.8) is 0 Å². The van der Waals surface area contributed by atoms with Gasteiger partial charge in [0.25, 0.3) is 5.91 Å². The number of unbranched alkanes of at least 4 members (excludes halogenated alkanes) is 3. The summed E-state index contributed by atoms with van der Waals surface area (Å²) < 4.78 is 22.9. The van der Waals surface area contributed by atoms with Gasteiger partial charge in [-0.05, 0) is 86.7 Å². The van der Waals surface area contributed by atoms with Gasteiger partial charge in [0.1, 0.15) is 23.6 Å². The molecule has 1 aliphatic rings. The summed E-state index contributed by atoms with van der Waals surface area (Å²) in [7, 11) is 1.89. The van der Waals surface area contributed by atoms with Crippen LogP contribution in [0.5, 0.6) is 0 Å². The van der Waals surface area contributed by atoms with Crippen molar-refractivity contribution in [3.8, 4) is 0 Å². The number of imidazole rings is 1. The van der Waals surface area contributed by atoms with Crippen LogP contribution >= 0.6 is 0 Å². The van der Waals surface area contributed by atoms with Crippen molar-refractivity contribution >= 4 is 52.5 Å². The number of anilines is 2. The van der Waals surface area contributed by atoms with Crippen molar-refractivity contribution in [2.75, 3.05) is 23.4 Å². The Morgan fingerprint density at radius 1 is 0.964 bits per heavy atom. The molecule has 1 saturated carbocycles. The second-order valence-electron chi connectivity index (χ2n) is 13.6. The van der Waals surface area contributed by atoms with E-state index < -0.39 is 24.5 Å². The number of esters is 1. The maximum Gasteiger partial charge on any atom is 0.511 e. The molecule has 2 aromatic heterocycles. The fourth-order valence-corrected chi connectivity index (χ4v) is 6.32. The molecule has 5 rings (SSSR count). The summed E-state index contributed by atoms with van der Waals surface area (Å²) in [6.07, 6.45) is 7.18. The maximum atomic E-state index is 13.9. The third-order valence-electron chi connectivity index (χ3n) is 9.39. The first-order chi connectivity index (χ1) is 27.1. The van der Waals surface area contributed by atoms with E-state index in [4.69, 9.17) is 29.3 Å². The number of fused-ring (bicyclic) bond motifs is 1. The summed E-state index contributed by atoms with van der Waals surface area (Å²) in [5, 5.41) is 14.0. The second kappa shape index (κ2) is 20.6. The molecule has 0 aliphatic heterocycles. The molecule has 1 fully saturated rings. The number of nitrogens with one attached hydrogen (secondary N) is 3. The highest BCUT2D eigenvalue weighted by molar-refractivity contribution is 6.07. The van der Waals surface area contributed by atoms with E-state index in [1.165, 1.54) is 11.8 Å². The molecule has 4 aromatic rings. The Kier molecular flexibility index (Phi) is 15.2. The second-order valence-corrected chi connectivity index (χ2v) is 13.6. The zero-order valence-electron chi connectivity index (χ0n) is 32.3. The first kappa shape index (κ1) is 41.2. The molecule has 0 radical (unpaired) electrons. The van der Waals surface area contributed by atoms with Crippen LogP contribution in [-0.2, 0) is 37.3 Å². The number of alkyl carbamates (subject to hydrolysis) is 1. The van der Waals surface area contributed by atoms with E-state index in [2.05, 4.69) is 22.5 Å². The number of pyridine rings is 1. The number of aryl methyl sites for hydroxylation is 1. The van der Waals surface area contributed by atoms with Gasteiger partial charge in [-0.25, -0.2) is 19.6 Å². The lowest BCUT2D eigenvalue weighted by atomic mass is 9.98. The number of ether oxygens (including phenoxy) is 4. The normalized spacial score (nSPS) is 13.3. The first-order valence-electron chi connectivity index (χ1n) is 19.2. The zero-order chi connectivity index (χ0) is 39.9. The minimum absolute atomic E-state index is 0.0408. The number of nitrogens with zero attached hydrogens (tertiary/aromatic N) is 4. The van der Waals surface area contributed by atoms with Crippen LogP contribution in [0.2, 0.25) is 0 Å². The molecule has 56 heavy (non-hydrogen) atoms. The molecule has 2 heterocycles. The van der Waals surface area contributed by atoms with Gasteiger partial charge in [-0.1, -0.05) is 38.7 Å². The van der Waals surface area contributed by atoms with Crippen LogP contribution in [0, 0.1) is 5.41 Å². The molecule has 0 saturated heterocycles. The summed E-state index contributed by atoms with van der Waals surface area (Å²) in [4.78, 5) is 61.5. The predicted molar refractivity (Wildman–Crippen MR) is 210 cm³/mol. The first-order valence-corrected chi connectivity index (χ1v) is 19.2. The molecule has 15 nitrogen and oxygen atoms in total.